The van der Waals surface area contributed by atoms with Gasteiger partial charge in [0.05, 0.1) is 41.1 Å². The maximum atomic E-state index is 14.0. The molecule has 0 saturated carbocycles. The Morgan fingerprint density at radius 3 is 2.65 bits per heavy atom. The van der Waals surface area contributed by atoms with Crippen LogP contribution in [-0.4, -0.2) is 24.8 Å². The summed E-state index contributed by atoms with van der Waals surface area (Å²) in [7, 11) is 2.95. The van der Waals surface area contributed by atoms with Gasteiger partial charge in [0.25, 0.3) is 5.56 Å². The lowest BCUT2D eigenvalue weighted by Gasteiger charge is -2.30. The van der Waals surface area contributed by atoms with Gasteiger partial charge in [-0.25, -0.2) is 9.79 Å². The third-order valence-electron chi connectivity index (χ3n) is 7.86. The van der Waals surface area contributed by atoms with Crippen LogP contribution in [0.15, 0.2) is 98.6 Å². The van der Waals surface area contributed by atoms with Crippen molar-refractivity contribution < 1.29 is 18.7 Å². The highest BCUT2D eigenvalue weighted by Gasteiger charge is 2.32. The average molecular weight is 609 g/mol. The van der Waals surface area contributed by atoms with Crippen molar-refractivity contribution in [3.8, 4) is 17.1 Å². The predicted octanol–water partition coefficient (Wildman–Crippen LogP) is 6.03. The fraction of sp³-hybridized carbons (Fsp3) is 0.147. The molecule has 0 bridgehead atoms. The molecule has 7 nitrogen and oxygen atoms in total. The molecule has 0 fully saturated rings. The number of carbonyl (C=O) groups is 1. The van der Waals surface area contributed by atoms with Crippen LogP contribution in [0.25, 0.3) is 23.1 Å². The minimum Gasteiger partial charge on any atom is -0.497 e. The topological polar surface area (TPSA) is 83.0 Å². The van der Waals surface area contributed by atoms with Gasteiger partial charge in [-0.2, -0.15) is 0 Å². The average Bonchev–Trinajstić information content (AvgIpc) is 3.64. The summed E-state index contributed by atoms with van der Waals surface area (Å²) in [4.78, 5) is 31.9. The maximum absolute atomic E-state index is 14.0. The second-order valence-electron chi connectivity index (χ2n) is 10.3. The van der Waals surface area contributed by atoms with Crippen molar-refractivity contribution in [2.75, 3.05) is 14.2 Å². The van der Waals surface area contributed by atoms with Crippen molar-refractivity contribution in [3.05, 3.63) is 137 Å². The molecule has 214 valence electrons. The Bertz CT molecular complexity index is 2120. The number of thiazole rings is 1. The lowest BCUT2D eigenvalue weighted by molar-refractivity contribution is 0.0601. The SMILES string of the molecule is COC(=O)c1cc(-c2ccc(/C=c3/sc4n(c3=O)[C@H](c3ccc(OC)cc3)C3=C(N=4)c4ccccc4CC3)o2)ccc1Cl. The molecule has 43 heavy (non-hydrogen) atoms. The highest BCUT2D eigenvalue weighted by molar-refractivity contribution is 7.07. The summed E-state index contributed by atoms with van der Waals surface area (Å²) >= 11 is 7.53. The van der Waals surface area contributed by atoms with Gasteiger partial charge in [0.2, 0.25) is 0 Å². The number of furan rings is 1. The van der Waals surface area contributed by atoms with Gasteiger partial charge in [0.1, 0.15) is 17.3 Å². The number of benzene rings is 3. The van der Waals surface area contributed by atoms with E-state index in [-0.39, 0.29) is 17.2 Å². The molecule has 3 heterocycles. The van der Waals surface area contributed by atoms with Crippen molar-refractivity contribution in [2.24, 2.45) is 4.99 Å². The molecule has 2 aliphatic rings. The fourth-order valence-electron chi connectivity index (χ4n) is 5.77. The van der Waals surface area contributed by atoms with Crippen LogP contribution in [0.5, 0.6) is 5.75 Å². The molecule has 0 N–H and O–H groups in total. The first-order valence-electron chi connectivity index (χ1n) is 13.7. The molecule has 1 aliphatic carbocycles. The molecule has 7 rings (SSSR count). The van der Waals surface area contributed by atoms with E-state index in [1.807, 2.05) is 30.3 Å². The number of carbonyl (C=O) groups excluding carboxylic acids is 1. The van der Waals surface area contributed by atoms with Gasteiger partial charge in [0, 0.05) is 17.2 Å². The molecule has 9 heteroatoms. The number of esters is 1. The van der Waals surface area contributed by atoms with Crippen LogP contribution in [0.4, 0.5) is 0 Å². The first kappa shape index (κ1) is 27.2. The molecule has 5 aromatic rings. The van der Waals surface area contributed by atoms with Gasteiger partial charge in [0.15, 0.2) is 4.80 Å². The van der Waals surface area contributed by atoms with Crippen LogP contribution < -0.4 is 19.6 Å². The standard InChI is InChI=1S/C34H25ClN2O5S/c1-40-22-11-7-20(8-12-22)31-25-14-9-19-5-3-4-6-24(19)30(25)36-34-37(31)32(38)29(43-34)18-23-13-16-28(42-23)21-10-15-27(35)26(17-21)33(39)41-2/h3-8,10-13,15-18,31H,9,14H2,1-2H3/b29-18+/t31-/m1/s1. The summed E-state index contributed by atoms with van der Waals surface area (Å²) in [5.41, 5.74) is 6.23. The zero-order valence-electron chi connectivity index (χ0n) is 23.3. The van der Waals surface area contributed by atoms with Crippen molar-refractivity contribution in [2.45, 2.75) is 18.9 Å². The van der Waals surface area contributed by atoms with E-state index in [9.17, 15) is 9.59 Å². The lowest BCUT2D eigenvalue weighted by Crippen LogP contribution is -2.38. The van der Waals surface area contributed by atoms with E-state index in [2.05, 4.69) is 18.2 Å². The second kappa shape index (κ2) is 10.9. The van der Waals surface area contributed by atoms with Crippen molar-refractivity contribution in [1.29, 1.82) is 0 Å². The van der Waals surface area contributed by atoms with Crippen LogP contribution >= 0.6 is 22.9 Å². The van der Waals surface area contributed by atoms with Crippen LogP contribution in [-0.2, 0) is 11.2 Å². The van der Waals surface area contributed by atoms with E-state index in [4.69, 9.17) is 30.5 Å². The Morgan fingerprint density at radius 1 is 1.05 bits per heavy atom. The fourth-order valence-corrected chi connectivity index (χ4v) is 6.94. The Labute approximate surface area is 255 Å². The number of aromatic nitrogens is 1. The molecular weight excluding hydrogens is 584 g/mol. The number of nitrogens with zero attached hydrogens (tertiary/aromatic N) is 2. The molecule has 0 spiro atoms. The summed E-state index contributed by atoms with van der Waals surface area (Å²) in [6.07, 6.45) is 3.44. The van der Waals surface area contributed by atoms with E-state index in [0.717, 1.165) is 41.0 Å². The van der Waals surface area contributed by atoms with E-state index >= 15 is 0 Å². The van der Waals surface area contributed by atoms with Crippen LogP contribution in [0.2, 0.25) is 5.02 Å². The Balaban J connectivity index is 1.35. The first-order valence-corrected chi connectivity index (χ1v) is 14.9. The highest BCUT2D eigenvalue weighted by Crippen LogP contribution is 2.41. The van der Waals surface area contributed by atoms with Crippen LogP contribution in [0.3, 0.4) is 0 Å². The smallest absolute Gasteiger partial charge is 0.339 e. The van der Waals surface area contributed by atoms with E-state index in [0.29, 0.717) is 31.4 Å². The number of methoxy groups -OCH3 is 2. The normalized spacial score (nSPS) is 15.8. The number of ether oxygens (including phenoxy) is 2. The molecule has 0 unspecified atom stereocenters. The van der Waals surface area contributed by atoms with Gasteiger partial charge in [-0.05, 0) is 72.0 Å². The number of halogens is 1. The molecule has 0 radical (unpaired) electrons. The number of fused-ring (bicyclic) bond motifs is 3. The van der Waals surface area contributed by atoms with Crippen LogP contribution in [0.1, 0.15) is 45.3 Å². The number of hydrogen-bond acceptors (Lipinski definition) is 7. The minimum absolute atomic E-state index is 0.132. The van der Waals surface area contributed by atoms with Crippen molar-refractivity contribution in [1.82, 2.24) is 4.57 Å². The van der Waals surface area contributed by atoms with E-state index in [1.165, 1.54) is 24.0 Å². The van der Waals surface area contributed by atoms with Gasteiger partial charge in [-0.15, -0.1) is 0 Å². The molecule has 1 aliphatic heterocycles. The summed E-state index contributed by atoms with van der Waals surface area (Å²) < 4.78 is 18.6. The second-order valence-corrected chi connectivity index (χ2v) is 11.7. The Kier molecular flexibility index (Phi) is 6.88. The highest BCUT2D eigenvalue weighted by atomic mass is 35.5. The third-order valence-corrected chi connectivity index (χ3v) is 9.17. The lowest BCUT2D eigenvalue weighted by atomic mass is 9.83. The molecular formula is C34H25ClN2O5S. The van der Waals surface area contributed by atoms with Gasteiger partial charge < -0.3 is 13.9 Å². The summed E-state index contributed by atoms with van der Waals surface area (Å²) in [5, 5.41) is 0.292. The molecule has 0 saturated heterocycles. The van der Waals surface area contributed by atoms with Gasteiger partial charge in [-0.3, -0.25) is 9.36 Å². The monoisotopic (exact) mass is 608 g/mol. The number of rotatable bonds is 5. The van der Waals surface area contributed by atoms with Crippen LogP contribution in [0, 0.1) is 0 Å². The Hall–Kier alpha value is -4.66. The predicted molar refractivity (Wildman–Crippen MR) is 166 cm³/mol. The zero-order chi connectivity index (χ0) is 29.7. The van der Waals surface area contributed by atoms with Crippen molar-refractivity contribution in [3.63, 3.8) is 0 Å². The number of hydrogen-bond donors (Lipinski definition) is 0. The molecule has 2 aromatic heterocycles. The van der Waals surface area contributed by atoms with E-state index in [1.54, 1.807) is 48.1 Å². The molecule has 0 amide bonds. The van der Waals surface area contributed by atoms with Gasteiger partial charge in [-0.1, -0.05) is 59.3 Å². The maximum Gasteiger partial charge on any atom is 0.339 e. The quantitative estimate of drug-likeness (QED) is 0.228. The zero-order valence-corrected chi connectivity index (χ0v) is 24.9. The summed E-state index contributed by atoms with van der Waals surface area (Å²) in [6, 6.07) is 24.6. The number of aryl methyl sites for hydroxylation is 1. The molecule has 3 aromatic carbocycles. The molecule has 1 atom stereocenters. The number of allylic oxidation sites excluding steroid dienone is 1. The van der Waals surface area contributed by atoms with Gasteiger partial charge >= 0.3 is 5.97 Å². The third kappa shape index (κ3) is 4.73. The minimum atomic E-state index is -0.531. The summed E-state index contributed by atoms with van der Waals surface area (Å²) in [5.74, 6) is 1.26. The Morgan fingerprint density at radius 2 is 1.86 bits per heavy atom. The van der Waals surface area contributed by atoms with Crippen molar-refractivity contribution >= 4 is 40.7 Å². The first-order chi connectivity index (χ1) is 20.9. The largest absolute Gasteiger partial charge is 0.497 e. The summed E-state index contributed by atoms with van der Waals surface area (Å²) in [6.45, 7) is 0. The van der Waals surface area contributed by atoms with E-state index < -0.39 is 5.97 Å².